The van der Waals surface area contributed by atoms with E-state index in [-0.39, 0.29) is 0 Å². The zero-order valence-corrected chi connectivity index (χ0v) is 6.54. The standard InChI is InChI=1S/C8H14N2/c1-6-3-8(4-9)10-5-7(6)2/h3,5-7H,4,9H2,1-2H3. The minimum Gasteiger partial charge on any atom is -0.325 e. The van der Waals surface area contributed by atoms with Gasteiger partial charge in [0.2, 0.25) is 0 Å². The van der Waals surface area contributed by atoms with E-state index >= 15 is 0 Å². The summed E-state index contributed by atoms with van der Waals surface area (Å²) in [6.45, 7) is 4.91. The van der Waals surface area contributed by atoms with Gasteiger partial charge >= 0.3 is 0 Å². The van der Waals surface area contributed by atoms with Crippen LogP contribution in [-0.2, 0) is 0 Å². The first-order chi connectivity index (χ1) is 4.74. The minimum absolute atomic E-state index is 0.563. The number of nitrogens with zero attached hydrogens (tertiary/aromatic N) is 1. The maximum atomic E-state index is 5.43. The fourth-order valence-corrected chi connectivity index (χ4v) is 0.968. The van der Waals surface area contributed by atoms with Crippen molar-refractivity contribution in [2.24, 2.45) is 22.6 Å². The monoisotopic (exact) mass is 138 g/mol. The summed E-state index contributed by atoms with van der Waals surface area (Å²) in [4.78, 5) is 4.19. The van der Waals surface area contributed by atoms with Crippen molar-refractivity contribution in [3.05, 3.63) is 11.8 Å². The van der Waals surface area contributed by atoms with Gasteiger partial charge in [-0.15, -0.1) is 0 Å². The van der Waals surface area contributed by atoms with Crippen LogP contribution < -0.4 is 5.73 Å². The molecule has 0 aromatic heterocycles. The molecule has 0 spiro atoms. The van der Waals surface area contributed by atoms with E-state index in [1.807, 2.05) is 6.21 Å². The van der Waals surface area contributed by atoms with E-state index in [0.717, 1.165) is 5.70 Å². The van der Waals surface area contributed by atoms with Gasteiger partial charge in [-0.05, 0) is 11.8 Å². The fourth-order valence-electron chi connectivity index (χ4n) is 0.968. The summed E-state index contributed by atoms with van der Waals surface area (Å²) in [5.41, 5.74) is 6.45. The van der Waals surface area contributed by atoms with Crippen LogP contribution in [0.15, 0.2) is 16.8 Å². The van der Waals surface area contributed by atoms with Crippen LogP contribution in [0.25, 0.3) is 0 Å². The molecule has 10 heavy (non-hydrogen) atoms. The van der Waals surface area contributed by atoms with Crippen molar-refractivity contribution >= 4 is 6.21 Å². The SMILES string of the molecule is CC1C=NC(CN)=CC1C. The Morgan fingerprint density at radius 3 is 2.70 bits per heavy atom. The lowest BCUT2D eigenvalue weighted by atomic mass is 9.94. The van der Waals surface area contributed by atoms with E-state index in [9.17, 15) is 0 Å². The molecule has 2 unspecified atom stereocenters. The van der Waals surface area contributed by atoms with Crippen molar-refractivity contribution in [2.45, 2.75) is 13.8 Å². The third kappa shape index (κ3) is 1.45. The number of hydrogen-bond acceptors (Lipinski definition) is 2. The summed E-state index contributed by atoms with van der Waals surface area (Å²) in [7, 11) is 0. The van der Waals surface area contributed by atoms with Crippen LogP contribution in [0.3, 0.4) is 0 Å². The Bertz CT molecular complexity index is 170. The number of allylic oxidation sites excluding steroid dienone is 1. The zero-order chi connectivity index (χ0) is 7.56. The van der Waals surface area contributed by atoms with E-state index in [0.29, 0.717) is 18.4 Å². The van der Waals surface area contributed by atoms with E-state index < -0.39 is 0 Å². The Morgan fingerprint density at radius 1 is 1.50 bits per heavy atom. The largest absolute Gasteiger partial charge is 0.325 e. The summed E-state index contributed by atoms with van der Waals surface area (Å²) < 4.78 is 0. The van der Waals surface area contributed by atoms with E-state index in [2.05, 4.69) is 24.9 Å². The first-order valence-electron chi connectivity index (χ1n) is 3.69. The molecule has 0 saturated carbocycles. The summed E-state index contributed by atoms with van der Waals surface area (Å²) in [5, 5.41) is 0. The molecule has 2 atom stereocenters. The van der Waals surface area contributed by atoms with Crippen LogP contribution in [0.5, 0.6) is 0 Å². The Kier molecular flexibility index (Phi) is 2.22. The molecule has 2 nitrogen and oxygen atoms in total. The third-order valence-corrected chi connectivity index (χ3v) is 1.97. The van der Waals surface area contributed by atoms with Gasteiger partial charge in [-0.2, -0.15) is 0 Å². The Morgan fingerprint density at radius 2 is 2.20 bits per heavy atom. The van der Waals surface area contributed by atoms with Gasteiger partial charge in [0.25, 0.3) is 0 Å². The van der Waals surface area contributed by atoms with Crippen LogP contribution in [0.1, 0.15) is 13.8 Å². The van der Waals surface area contributed by atoms with Crippen LogP contribution in [-0.4, -0.2) is 12.8 Å². The summed E-state index contributed by atoms with van der Waals surface area (Å²) in [5.74, 6) is 1.16. The molecule has 0 aromatic rings. The van der Waals surface area contributed by atoms with Crippen molar-refractivity contribution in [1.82, 2.24) is 0 Å². The van der Waals surface area contributed by atoms with Gasteiger partial charge in [-0.3, -0.25) is 4.99 Å². The minimum atomic E-state index is 0.563. The topological polar surface area (TPSA) is 38.4 Å². The molecule has 56 valence electrons. The quantitative estimate of drug-likeness (QED) is 0.580. The lowest BCUT2D eigenvalue weighted by molar-refractivity contribution is 0.584. The van der Waals surface area contributed by atoms with Gasteiger partial charge in [0.1, 0.15) is 0 Å². The smallest absolute Gasteiger partial charge is 0.0498 e. The normalized spacial score (nSPS) is 32.1. The molecule has 1 heterocycles. The van der Waals surface area contributed by atoms with Gasteiger partial charge in [-0.1, -0.05) is 19.9 Å². The molecular formula is C8H14N2. The van der Waals surface area contributed by atoms with E-state index in [1.165, 1.54) is 0 Å². The fraction of sp³-hybridized carbons (Fsp3) is 0.625. The number of nitrogens with two attached hydrogens (primary N) is 1. The lowest BCUT2D eigenvalue weighted by Crippen LogP contribution is -2.14. The molecule has 2 heteroatoms. The first-order valence-corrected chi connectivity index (χ1v) is 3.69. The highest BCUT2D eigenvalue weighted by Gasteiger charge is 2.11. The van der Waals surface area contributed by atoms with Gasteiger partial charge in [-0.25, -0.2) is 0 Å². The van der Waals surface area contributed by atoms with Crippen molar-refractivity contribution in [3.63, 3.8) is 0 Å². The number of aliphatic imine (C=N–C) groups is 1. The van der Waals surface area contributed by atoms with Crippen LogP contribution in [0.2, 0.25) is 0 Å². The van der Waals surface area contributed by atoms with Gasteiger partial charge < -0.3 is 5.73 Å². The van der Waals surface area contributed by atoms with Crippen molar-refractivity contribution < 1.29 is 0 Å². The second-order valence-electron chi connectivity index (χ2n) is 2.86. The lowest BCUT2D eigenvalue weighted by Gasteiger charge is -2.16. The summed E-state index contributed by atoms with van der Waals surface area (Å²) >= 11 is 0. The maximum Gasteiger partial charge on any atom is 0.0498 e. The average molecular weight is 138 g/mol. The second kappa shape index (κ2) is 2.97. The molecule has 0 amide bonds. The maximum absolute atomic E-state index is 5.43. The molecule has 0 aromatic carbocycles. The summed E-state index contributed by atoms with van der Waals surface area (Å²) in [6.07, 6.45) is 4.12. The van der Waals surface area contributed by atoms with Crippen LogP contribution >= 0.6 is 0 Å². The predicted molar refractivity (Wildman–Crippen MR) is 44.0 cm³/mol. The van der Waals surface area contributed by atoms with Crippen LogP contribution in [0, 0.1) is 11.8 Å². The molecule has 1 rings (SSSR count). The highest BCUT2D eigenvalue weighted by atomic mass is 14.8. The van der Waals surface area contributed by atoms with Crippen molar-refractivity contribution in [1.29, 1.82) is 0 Å². The average Bonchev–Trinajstić information content (AvgIpc) is 1.95. The van der Waals surface area contributed by atoms with Gasteiger partial charge in [0, 0.05) is 18.5 Å². The van der Waals surface area contributed by atoms with Crippen molar-refractivity contribution in [2.75, 3.05) is 6.54 Å². The highest BCUT2D eigenvalue weighted by Crippen LogP contribution is 2.17. The van der Waals surface area contributed by atoms with Crippen LogP contribution in [0.4, 0.5) is 0 Å². The molecule has 0 aliphatic carbocycles. The first kappa shape index (κ1) is 7.48. The van der Waals surface area contributed by atoms with Gasteiger partial charge in [0.15, 0.2) is 0 Å². The number of rotatable bonds is 1. The molecule has 0 bridgehead atoms. The summed E-state index contributed by atoms with van der Waals surface area (Å²) in [6, 6.07) is 0. The second-order valence-corrected chi connectivity index (χ2v) is 2.86. The molecule has 0 radical (unpaired) electrons. The predicted octanol–water partition coefficient (Wildman–Crippen LogP) is 1.19. The highest BCUT2D eigenvalue weighted by molar-refractivity contribution is 5.64. The molecule has 0 fully saturated rings. The molecule has 1 aliphatic rings. The molecule has 0 saturated heterocycles. The number of hydrogen-bond donors (Lipinski definition) is 1. The Hall–Kier alpha value is -0.630. The van der Waals surface area contributed by atoms with Gasteiger partial charge in [0.05, 0.1) is 0 Å². The molecule has 2 N–H and O–H groups in total. The zero-order valence-electron chi connectivity index (χ0n) is 6.54. The molecule has 1 aliphatic heterocycles. The molecular weight excluding hydrogens is 124 g/mol. The van der Waals surface area contributed by atoms with Crippen molar-refractivity contribution in [3.8, 4) is 0 Å². The Balaban J connectivity index is 2.66. The third-order valence-electron chi connectivity index (χ3n) is 1.97. The Labute approximate surface area is 61.8 Å². The van der Waals surface area contributed by atoms with E-state index in [1.54, 1.807) is 0 Å². The van der Waals surface area contributed by atoms with E-state index in [4.69, 9.17) is 5.73 Å².